The van der Waals surface area contributed by atoms with Crippen molar-refractivity contribution in [2.45, 2.75) is 59.0 Å². The van der Waals surface area contributed by atoms with Crippen LogP contribution in [0, 0.1) is 0 Å². The van der Waals surface area contributed by atoms with Crippen molar-refractivity contribution in [2.24, 2.45) is 0 Å². The second-order valence-corrected chi connectivity index (χ2v) is 11.7. The minimum absolute atomic E-state index is 0.0522. The van der Waals surface area contributed by atoms with E-state index in [0.717, 1.165) is 22.6 Å². The third-order valence-corrected chi connectivity index (χ3v) is 6.36. The zero-order valence-electron chi connectivity index (χ0n) is 19.8. The molecule has 1 saturated heterocycles. The lowest BCUT2D eigenvalue weighted by Crippen LogP contribution is -2.20. The molecule has 0 aromatic heterocycles. The molecule has 0 radical (unpaired) electrons. The Kier molecular flexibility index (Phi) is 7.06. The summed E-state index contributed by atoms with van der Waals surface area (Å²) < 4.78 is 12.4. The van der Waals surface area contributed by atoms with Crippen LogP contribution in [0.25, 0.3) is 6.08 Å². The number of thioether (sulfide) groups is 1. The molecule has 0 saturated carbocycles. The molecule has 32 heavy (non-hydrogen) atoms. The SMILES string of the molecule is COc1c(C(C)(C)C)cc(COc2ccc(C=C3SC(=S)NC3=O)cc2)cc1C(C)(C)C. The van der Waals surface area contributed by atoms with Crippen molar-refractivity contribution in [3.05, 3.63) is 63.6 Å². The predicted molar refractivity (Wildman–Crippen MR) is 137 cm³/mol. The first-order valence-electron chi connectivity index (χ1n) is 10.6. The van der Waals surface area contributed by atoms with Gasteiger partial charge in [-0.3, -0.25) is 4.79 Å². The van der Waals surface area contributed by atoms with Gasteiger partial charge in [-0.05, 0) is 52.3 Å². The van der Waals surface area contributed by atoms with Crippen LogP contribution in [0.15, 0.2) is 41.3 Å². The van der Waals surface area contributed by atoms with Crippen LogP contribution in [-0.2, 0) is 22.2 Å². The van der Waals surface area contributed by atoms with Gasteiger partial charge in [0.1, 0.15) is 22.4 Å². The summed E-state index contributed by atoms with van der Waals surface area (Å²) in [5.74, 6) is 1.58. The summed E-state index contributed by atoms with van der Waals surface area (Å²) in [6, 6.07) is 12.1. The van der Waals surface area contributed by atoms with Crippen LogP contribution in [0.2, 0.25) is 0 Å². The molecule has 1 heterocycles. The standard InChI is InChI=1S/C26H31NO3S2/c1-25(2,3)19-12-17(13-20(22(19)29-7)26(4,5)6)15-30-18-10-8-16(9-11-18)14-21-23(28)27-24(31)32-21/h8-14H,15H2,1-7H3,(H,27,28,31). The van der Waals surface area contributed by atoms with Crippen LogP contribution in [0.4, 0.5) is 0 Å². The third kappa shape index (κ3) is 5.73. The Morgan fingerprint density at radius 2 is 1.56 bits per heavy atom. The van der Waals surface area contributed by atoms with E-state index in [1.54, 1.807) is 7.11 Å². The van der Waals surface area contributed by atoms with Crippen molar-refractivity contribution in [1.82, 2.24) is 5.32 Å². The fourth-order valence-electron chi connectivity index (χ4n) is 3.51. The lowest BCUT2D eigenvalue weighted by Gasteiger charge is -2.30. The second-order valence-electron chi connectivity index (χ2n) is 9.93. The van der Waals surface area contributed by atoms with E-state index in [1.807, 2.05) is 30.3 Å². The summed E-state index contributed by atoms with van der Waals surface area (Å²) in [5.41, 5.74) is 4.29. The van der Waals surface area contributed by atoms with E-state index in [-0.39, 0.29) is 16.7 Å². The van der Waals surface area contributed by atoms with Gasteiger partial charge in [-0.2, -0.15) is 0 Å². The number of amides is 1. The molecule has 1 aliphatic rings. The molecule has 0 bridgehead atoms. The molecule has 1 fully saturated rings. The van der Waals surface area contributed by atoms with E-state index in [2.05, 4.69) is 59.0 Å². The van der Waals surface area contributed by atoms with Gasteiger partial charge < -0.3 is 14.8 Å². The Bertz CT molecular complexity index is 1020. The second kappa shape index (κ2) is 9.28. The summed E-state index contributed by atoms with van der Waals surface area (Å²) in [6.07, 6.45) is 1.83. The van der Waals surface area contributed by atoms with Gasteiger partial charge >= 0.3 is 0 Å². The molecule has 1 N–H and O–H groups in total. The molecule has 4 nitrogen and oxygen atoms in total. The van der Waals surface area contributed by atoms with Crippen LogP contribution >= 0.6 is 24.0 Å². The van der Waals surface area contributed by atoms with Crippen molar-refractivity contribution >= 4 is 40.3 Å². The molecule has 2 aromatic rings. The maximum Gasteiger partial charge on any atom is 0.263 e. The topological polar surface area (TPSA) is 47.6 Å². The number of hydrogen-bond acceptors (Lipinski definition) is 5. The Morgan fingerprint density at radius 3 is 2.00 bits per heavy atom. The number of methoxy groups -OCH3 is 1. The molecular formula is C26H31NO3S2. The molecule has 3 rings (SSSR count). The summed E-state index contributed by atoms with van der Waals surface area (Å²) >= 11 is 6.31. The van der Waals surface area contributed by atoms with Crippen LogP contribution in [-0.4, -0.2) is 17.3 Å². The molecule has 0 unspecified atom stereocenters. The quantitative estimate of drug-likeness (QED) is 0.408. The maximum atomic E-state index is 11.8. The highest BCUT2D eigenvalue weighted by Crippen LogP contribution is 2.40. The van der Waals surface area contributed by atoms with Crippen molar-refractivity contribution in [3.63, 3.8) is 0 Å². The van der Waals surface area contributed by atoms with Crippen LogP contribution in [0.3, 0.4) is 0 Å². The van der Waals surface area contributed by atoms with Gasteiger partial charge in [-0.1, -0.05) is 77.7 Å². The van der Waals surface area contributed by atoms with E-state index in [0.29, 0.717) is 15.8 Å². The van der Waals surface area contributed by atoms with Crippen LogP contribution in [0.1, 0.15) is 63.8 Å². The minimum atomic E-state index is -0.149. The van der Waals surface area contributed by atoms with E-state index < -0.39 is 0 Å². The highest BCUT2D eigenvalue weighted by Gasteiger charge is 2.27. The average Bonchev–Trinajstić information content (AvgIpc) is 3.02. The molecule has 6 heteroatoms. The van der Waals surface area contributed by atoms with Crippen LogP contribution < -0.4 is 14.8 Å². The Labute approximate surface area is 200 Å². The van der Waals surface area contributed by atoms with Gasteiger partial charge in [0.05, 0.1) is 12.0 Å². The lowest BCUT2D eigenvalue weighted by molar-refractivity contribution is -0.115. The van der Waals surface area contributed by atoms with Crippen molar-refractivity contribution in [2.75, 3.05) is 7.11 Å². The van der Waals surface area contributed by atoms with Crippen molar-refractivity contribution in [3.8, 4) is 11.5 Å². The first-order chi connectivity index (χ1) is 14.9. The predicted octanol–water partition coefficient (Wildman–Crippen LogP) is 6.36. The maximum absolute atomic E-state index is 11.8. The number of nitrogens with one attached hydrogen (secondary N) is 1. The van der Waals surface area contributed by atoms with E-state index in [1.165, 1.54) is 22.9 Å². The van der Waals surface area contributed by atoms with E-state index in [4.69, 9.17) is 21.7 Å². The van der Waals surface area contributed by atoms with E-state index in [9.17, 15) is 4.79 Å². The largest absolute Gasteiger partial charge is 0.496 e. The van der Waals surface area contributed by atoms with Gasteiger partial charge in [0, 0.05) is 11.1 Å². The first-order valence-corrected chi connectivity index (χ1v) is 11.8. The van der Waals surface area contributed by atoms with Gasteiger partial charge in [-0.15, -0.1) is 0 Å². The summed E-state index contributed by atoms with van der Waals surface area (Å²) in [7, 11) is 1.74. The Balaban J connectivity index is 1.81. The normalized spacial score (nSPS) is 15.8. The number of thiocarbonyl (C=S) groups is 1. The number of rotatable bonds is 5. The summed E-state index contributed by atoms with van der Waals surface area (Å²) in [5, 5.41) is 2.63. The number of carbonyl (C=O) groups is 1. The number of hydrogen-bond donors (Lipinski definition) is 1. The van der Waals surface area contributed by atoms with Gasteiger partial charge in [0.25, 0.3) is 5.91 Å². The van der Waals surface area contributed by atoms with Gasteiger partial charge in [0.2, 0.25) is 0 Å². The molecule has 2 aromatic carbocycles. The van der Waals surface area contributed by atoms with Crippen LogP contribution in [0.5, 0.6) is 11.5 Å². The smallest absolute Gasteiger partial charge is 0.263 e. The molecule has 0 aliphatic carbocycles. The zero-order valence-corrected chi connectivity index (χ0v) is 21.4. The fraction of sp³-hybridized carbons (Fsp3) is 0.385. The zero-order chi connectivity index (χ0) is 23.7. The highest BCUT2D eigenvalue weighted by atomic mass is 32.2. The Morgan fingerprint density at radius 1 is 1.00 bits per heavy atom. The number of ether oxygens (including phenoxy) is 2. The Hall–Kier alpha value is -2.31. The van der Waals surface area contributed by atoms with E-state index >= 15 is 0 Å². The molecule has 0 atom stereocenters. The summed E-state index contributed by atoms with van der Waals surface area (Å²) in [4.78, 5) is 12.4. The fourth-order valence-corrected chi connectivity index (χ4v) is 4.55. The minimum Gasteiger partial charge on any atom is -0.496 e. The lowest BCUT2D eigenvalue weighted by atomic mass is 9.78. The first kappa shape index (κ1) is 24.3. The highest BCUT2D eigenvalue weighted by molar-refractivity contribution is 8.26. The third-order valence-electron chi connectivity index (χ3n) is 5.19. The molecule has 170 valence electrons. The number of carbonyl (C=O) groups excluding carboxylic acids is 1. The average molecular weight is 470 g/mol. The summed E-state index contributed by atoms with van der Waals surface area (Å²) in [6.45, 7) is 13.7. The van der Waals surface area contributed by atoms with Crippen molar-refractivity contribution < 1.29 is 14.3 Å². The molecule has 0 spiro atoms. The molecular weight excluding hydrogens is 438 g/mol. The monoisotopic (exact) mass is 469 g/mol. The van der Waals surface area contributed by atoms with Gasteiger partial charge in [-0.25, -0.2) is 0 Å². The number of benzene rings is 2. The van der Waals surface area contributed by atoms with Gasteiger partial charge in [0.15, 0.2) is 0 Å². The molecule has 1 amide bonds. The molecule has 1 aliphatic heterocycles. The van der Waals surface area contributed by atoms with Crippen molar-refractivity contribution in [1.29, 1.82) is 0 Å².